The molecule has 0 saturated carbocycles. The zero-order valence-corrected chi connectivity index (χ0v) is 12.8. The van der Waals surface area contributed by atoms with E-state index < -0.39 is 0 Å². The average molecular weight is 321 g/mol. The van der Waals surface area contributed by atoms with E-state index in [2.05, 4.69) is 10.3 Å². The van der Waals surface area contributed by atoms with Crippen molar-refractivity contribution in [1.29, 1.82) is 0 Å². The van der Waals surface area contributed by atoms with Gasteiger partial charge in [0.1, 0.15) is 5.65 Å². The number of carbonyl (C=O) groups is 1. The predicted octanol–water partition coefficient (Wildman–Crippen LogP) is 2.39. The molecule has 0 unspecified atom stereocenters. The Morgan fingerprint density at radius 2 is 2.17 bits per heavy atom. The van der Waals surface area contributed by atoms with E-state index in [1.807, 2.05) is 47.0 Å². The Balaban J connectivity index is 1.40. The topological polar surface area (TPSA) is 64.9 Å². The Morgan fingerprint density at radius 3 is 3.12 bits per heavy atom. The number of rotatable bonds is 4. The molecule has 3 aromatic rings. The minimum atomic E-state index is -0.168. The maximum Gasteiger partial charge on any atom is 0.244 e. The van der Waals surface area contributed by atoms with Crippen molar-refractivity contribution in [2.75, 3.05) is 6.79 Å². The first kappa shape index (κ1) is 14.3. The fourth-order valence-corrected chi connectivity index (χ4v) is 2.54. The molecule has 0 aliphatic carbocycles. The first-order valence-electron chi connectivity index (χ1n) is 7.56. The molecule has 0 radical (unpaired) electrons. The highest BCUT2D eigenvalue weighted by molar-refractivity contribution is 5.91. The maximum absolute atomic E-state index is 12.0. The number of nitrogens with zero attached hydrogens (tertiary/aromatic N) is 2. The van der Waals surface area contributed by atoms with E-state index >= 15 is 0 Å². The van der Waals surface area contributed by atoms with Crippen LogP contribution >= 0.6 is 0 Å². The number of benzene rings is 1. The normalized spacial score (nSPS) is 12.8. The van der Waals surface area contributed by atoms with Gasteiger partial charge in [-0.15, -0.1) is 0 Å². The van der Waals surface area contributed by atoms with Crippen LogP contribution in [0.4, 0.5) is 0 Å². The number of nitrogens with one attached hydrogen (secondary N) is 1. The first-order valence-corrected chi connectivity index (χ1v) is 7.56. The lowest BCUT2D eigenvalue weighted by atomic mass is 10.2. The lowest BCUT2D eigenvalue weighted by molar-refractivity contribution is -0.116. The first-order chi connectivity index (χ1) is 11.8. The molecule has 24 heavy (non-hydrogen) atoms. The molecule has 1 N–H and O–H groups in total. The highest BCUT2D eigenvalue weighted by Gasteiger charge is 2.13. The molecule has 6 nitrogen and oxygen atoms in total. The molecule has 6 heteroatoms. The van der Waals surface area contributed by atoms with Crippen molar-refractivity contribution >= 4 is 17.6 Å². The van der Waals surface area contributed by atoms with Crippen LogP contribution in [0.5, 0.6) is 11.5 Å². The summed E-state index contributed by atoms with van der Waals surface area (Å²) in [6.45, 7) is 0.667. The number of aromatic nitrogens is 2. The van der Waals surface area contributed by atoms with Gasteiger partial charge < -0.3 is 19.2 Å². The van der Waals surface area contributed by atoms with Gasteiger partial charge in [-0.2, -0.15) is 0 Å². The van der Waals surface area contributed by atoms with E-state index in [1.54, 1.807) is 12.3 Å². The molecule has 1 aliphatic heterocycles. The SMILES string of the molecule is O=C(/C=C/c1cnc2ccccn12)NCc1ccc2c(c1)OCO2. The summed E-state index contributed by atoms with van der Waals surface area (Å²) in [7, 11) is 0. The summed E-state index contributed by atoms with van der Waals surface area (Å²) in [6.07, 6.45) is 6.89. The van der Waals surface area contributed by atoms with Crippen LogP contribution in [0.3, 0.4) is 0 Å². The Kier molecular flexibility index (Phi) is 3.63. The molecular formula is C18H15N3O3. The smallest absolute Gasteiger partial charge is 0.244 e. The molecule has 1 aromatic carbocycles. The Hall–Kier alpha value is -3.28. The van der Waals surface area contributed by atoms with Crippen LogP contribution in [-0.2, 0) is 11.3 Å². The third kappa shape index (κ3) is 2.81. The lowest BCUT2D eigenvalue weighted by Gasteiger charge is -2.04. The number of carbonyl (C=O) groups excluding carboxylic acids is 1. The largest absolute Gasteiger partial charge is 0.454 e. The van der Waals surface area contributed by atoms with Gasteiger partial charge in [-0.05, 0) is 35.9 Å². The number of hydrogen-bond acceptors (Lipinski definition) is 4. The van der Waals surface area contributed by atoms with Gasteiger partial charge in [0.25, 0.3) is 0 Å². The zero-order valence-electron chi connectivity index (χ0n) is 12.8. The van der Waals surface area contributed by atoms with Crippen molar-refractivity contribution in [3.8, 4) is 11.5 Å². The number of amides is 1. The van der Waals surface area contributed by atoms with E-state index in [-0.39, 0.29) is 12.7 Å². The summed E-state index contributed by atoms with van der Waals surface area (Å²) in [5.41, 5.74) is 2.65. The summed E-state index contributed by atoms with van der Waals surface area (Å²) in [4.78, 5) is 16.3. The second-order valence-corrected chi connectivity index (χ2v) is 5.35. The maximum atomic E-state index is 12.0. The van der Waals surface area contributed by atoms with Crippen molar-refractivity contribution in [3.63, 3.8) is 0 Å². The highest BCUT2D eigenvalue weighted by atomic mass is 16.7. The predicted molar refractivity (Wildman–Crippen MR) is 88.6 cm³/mol. The summed E-state index contributed by atoms with van der Waals surface area (Å²) >= 11 is 0. The third-order valence-electron chi connectivity index (χ3n) is 3.75. The van der Waals surface area contributed by atoms with E-state index in [0.29, 0.717) is 12.3 Å². The van der Waals surface area contributed by atoms with Gasteiger partial charge in [0.15, 0.2) is 11.5 Å². The number of hydrogen-bond donors (Lipinski definition) is 1. The molecule has 0 atom stereocenters. The van der Waals surface area contributed by atoms with E-state index in [4.69, 9.17) is 9.47 Å². The third-order valence-corrected chi connectivity index (χ3v) is 3.75. The summed E-state index contributed by atoms with van der Waals surface area (Å²) in [5.74, 6) is 1.28. The highest BCUT2D eigenvalue weighted by Crippen LogP contribution is 2.32. The summed E-state index contributed by atoms with van der Waals surface area (Å²) in [5, 5.41) is 2.85. The van der Waals surface area contributed by atoms with Crippen LogP contribution < -0.4 is 14.8 Å². The summed E-state index contributed by atoms with van der Waals surface area (Å²) < 4.78 is 12.5. The minimum Gasteiger partial charge on any atom is -0.454 e. The number of imidazole rings is 1. The molecule has 120 valence electrons. The molecule has 1 aliphatic rings. The molecule has 0 saturated heterocycles. The van der Waals surface area contributed by atoms with Gasteiger partial charge in [-0.1, -0.05) is 12.1 Å². The van der Waals surface area contributed by atoms with Gasteiger partial charge in [0.2, 0.25) is 12.7 Å². The fraction of sp³-hybridized carbons (Fsp3) is 0.111. The van der Waals surface area contributed by atoms with E-state index in [1.165, 1.54) is 6.08 Å². The second-order valence-electron chi connectivity index (χ2n) is 5.35. The number of ether oxygens (including phenoxy) is 2. The Labute approximate surface area is 138 Å². The molecule has 1 amide bonds. The number of pyridine rings is 1. The molecule has 0 bridgehead atoms. The second kappa shape index (κ2) is 6.08. The van der Waals surface area contributed by atoms with Crippen LogP contribution in [0.25, 0.3) is 11.7 Å². The molecular weight excluding hydrogens is 306 g/mol. The van der Waals surface area contributed by atoms with Gasteiger partial charge in [0.05, 0.1) is 11.9 Å². The summed E-state index contributed by atoms with van der Waals surface area (Å²) in [6, 6.07) is 11.4. The fourth-order valence-electron chi connectivity index (χ4n) is 2.54. The average Bonchev–Trinajstić information content (AvgIpc) is 3.24. The van der Waals surface area contributed by atoms with Gasteiger partial charge in [-0.3, -0.25) is 4.79 Å². The minimum absolute atomic E-state index is 0.168. The zero-order chi connectivity index (χ0) is 16.4. The molecule has 3 heterocycles. The van der Waals surface area contributed by atoms with Crippen molar-refractivity contribution in [1.82, 2.24) is 14.7 Å². The Bertz CT molecular complexity index is 930. The lowest BCUT2D eigenvalue weighted by Crippen LogP contribution is -2.20. The van der Waals surface area contributed by atoms with Gasteiger partial charge in [-0.25, -0.2) is 4.98 Å². The van der Waals surface area contributed by atoms with Crippen LogP contribution in [0.15, 0.2) is 54.9 Å². The standard InChI is InChI=1S/C18H15N3O3/c22-18(7-5-14-11-19-17-3-1-2-8-21(14)17)20-10-13-4-6-15-16(9-13)24-12-23-15/h1-9,11H,10,12H2,(H,20,22)/b7-5+. The van der Waals surface area contributed by atoms with Crippen molar-refractivity contribution < 1.29 is 14.3 Å². The Morgan fingerprint density at radius 1 is 1.25 bits per heavy atom. The van der Waals surface area contributed by atoms with Crippen molar-refractivity contribution in [2.24, 2.45) is 0 Å². The van der Waals surface area contributed by atoms with Crippen LogP contribution in [0, 0.1) is 0 Å². The monoisotopic (exact) mass is 321 g/mol. The van der Waals surface area contributed by atoms with Crippen LogP contribution in [0.2, 0.25) is 0 Å². The van der Waals surface area contributed by atoms with Gasteiger partial charge >= 0.3 is 0 Å². The van der Waals surface area contributed by atoms with Gasteiger partial charge in [0, 0.05) is 18.8 Å². The quantitative estimate of drug-likeness (QED) is 0.750. The van der Waals surface area contributed by atoms with Crippen LogP contribution in [0.1, 0.15) is 11.3 Å². The molecule has 4 rings (SSSR count). The van der Waals surface area contributed by atoms with Crippen LogP contribution in [-0.4, -0.2) is 22.1 Å². The van der Waals surface area contributed by atoms with E-state index in [0.717, 1.165) is 22.7 Å². The molecule has 0 spiro atoms. The number of fused-ring (bicyclic) bond motifs is 2. The van der Waals surface area contributed by atoms with E-state index in [9.17, 15) is 4.79 Å². The van der Waals surface area contributed by atoms with Crippen molar-refractivity contribution in [3.05, 3.63) is 66.1 Å². The molecule has 0 fully saturated rings. The van der Waals surface area contributed by atoms with Crippen molar-refractivity contribution in [2.45, 2.75) is 6.54 Å². The molecule has 2 aromatic heterocycles.